The number of nitrogens with zero attached hydrogens (tertiary/aromatic N) is 2. The Kier molecular flexibility index (Phi) is 5.00. The van der Waals surface area contributed by atoms with Crippen LogP contribution in [0.3, 0.4) is 0 Å². The van der Waals surface area contributed by atoms with E-state index in [2.05, 4.69) is 10.4 Å². The molecule has 0 radical (unpaired) electrons. The van der Waals surface area contributed by atoms with Crippen LogP contribution >= 0.6 is 0 Å². The van der Waals surface area contributed by atoms with Gasteiger partial charge in [0, 0.05) is 6.61 Å². The van der Waals surface area contributed by atoms with Gasteiger partial charge in [0.1, 0.15) is 11.6 Å². The van der Waals surface area contributed by atoms with Gasteiger partial charge in [-0.05, 0) is 56.7 Å². The van der Waals surface area contributed by atoms with Crippen molar-refractivity contribution in [1.82, 2.24) is 9.78 Å². The van der Waals surface area contributed by atoms with E-state index in [1.165, 1.54) is 12.1 Å². The molecule has 1 atom stereocenters. The lowest BCUT2D eigenvalue weighted by atomic mass is 10.1. The molecule has 1 aromatic heterocycles. The van der Waals surface area contributed by atoms with Crippen molar-refractivity contribution in [2.24, 2.45) is 5.92 Å². The SMILES string of the molecule is CC(C)Oc1cccc2c1c(NC(=O)[C@@H]1CCOC1)nn2-c1ccc(F)cc1. The minimum atomic E-state index is -0.321. The fraction of sp³-hybridized carbons (Fsp3) is 0.333. The van der Waals surface area contributed by atoms with E-state index in [9.17, 15) is 9.18 Å². The number of hydrogen-bond acceptors (Lipinski definition) is 4. The van der Waals surface area contributed by atoms with Crippen molar-refractivity contribution in [3.8, 4) is 11.4 Å². The van der Waals surface area contributed by atoms with Crippen LogP contribution in [0.4, 0.5) is 10.2 Å². The van der Waals surface area contributed by atoms with Crippen molar-refractivity contribution in [3.05, 3.63) is 48.3 Å². The number of benzene rings is 2. The van der Waals surface area contributed by atoms with Crippen molar-refractivity contribution < 1.29 is 18.7 Å². The molecule has 146 valence electrons. The van der Waals surface area contributed by atoms with Gasteiger partial charge in [-0.1, -0.05) is 6.07 Å². The summed E-state index contributed by atoms with van der Waals surface area (Å²) in [7, 11) is 0. The number of anilines is 1. The smallest absolute Gasteiger partial charge is 0.231 e. The molecule has 1 amide bonds. The van der Waals surface area contributed by atoms with Crippen LogP contribution in [-0.2, 0) is 9.53 Å². The highest BCUT2D eigenvalue weighted by molar-refractivity contribution is 6.04. The average Bonchev–Trinajstić information content (AvgIpc) is 3.31. The number of ether oxygens (including phenoxy) is 2. The molecule has 7 heteroatoms. The molecule has 0 spiro atoms. The quantitative estimate of drug-likeness (QED) is 0.725. The van der Waals surface area contributed by atoms with E-state index in [-0.39, 0.29) is 23.7 Å². The van der Waals surface area contributed by atoms with Crippen LogP contribution in [-0.4, -0.2) is 35.0 Å². The van der Waals surface area contributed by atoms with Gasteiger partial charge >= 0.3 is 0 Å². The van der Waals surface area contributed by atoms with E-state index in [0.29, 0.717) is 42.3 Å². The predicted octanol–water partition coefficient (Wildman–Crippen LogP) is 3.93. The Morgan fingerprint density at radius 1 is 1.29 bits per heavy atom. The zero-order chi connectivity index (χ0) is 19.7. The number of hydrogen-bond donors (Lipinski definition) is 1. The van der Waals surface area contributed by atoms with Gasteiger partial charge in [0.2, 0.25) is 5.91 Å². The van der Waals surface area contributed by atoms with Crippen LogP contribution in [0.25, 0.3) is 16.6 Å². The van der Waals surface area contributed by atoms with Crippen LogP contribution in [0.15, 0.2) is 42.5 Å². The van der Waals surface area contributed by atoms with E-state index in [1.54, 1.807) is 16.8 Å². The molecule has 6 nitrogen and oxygen atoms in total. The van der Waals surface area contributed by atoms with E-state index in [4.69, 9.17) is 9.47 Å². The molecule has 2 heterocycles. The second kappa shape index (κ2) is 7.59. The third-order valence-corrected chi connectivity index (χ3v) is 4.65. The van der Waals surface area contributed by atoms with Crippen LogP contribution in [0.1, 0.15) is 20.3 Å². The van der Waals surface area contributed by atoms with Crippen molar-refractivity contribution in [2.75, 3.05) is 18.5 Å². The Labute approximate surface area is 162 Å². The third-order valence-electron chi connectivity index (χ3n) is 4.65. The molecule has 4 rings (SSSR count). The highest BCUT2D eigenvalue weighted by Crippen LogP contribution is 2.35. The van der Waals surface area contributed by atoms with Crippen LogP contribution in [0.5, 0.6) is 5.75 Å². The summed E-state index contributed by atoms with van der Waals surface area (Å²) in [6.45, 7) is 4.89. The summed E-state index contributed by atoms with van der Waals surface area (Å²) < 4.78 is 26.3. The molecule has 2 aromatic carbocycles. The molecule has 0 unspecified atom stereocenters. The summed E-state index contributed by atoms with van der Waals surface area (Å²) in [4.78, 5) is 12.7. The Morgan fingerprint density at radius 2 is 2.07 bits per heavy atom. The maximum absolute atomic E-state index is 13.4. The van der Waals surface area contributed by atoms with Crippen molar-refractivity contribution >= 4 is 22.6 Å². The molecule has 0 aliphatic carbocycles. The molecular formula is C21H22FN3O3. The minimum absolute atomic E-state index is 0.0356. The zero-order valence-electron chi connectivity index (χ0n) is 15.8. The number of aromatic nitrogens is 2. The third kappa shape index (κ3) is 3.57. The minimum Gasteiger partial charge on any atom is -0.490 e. The number of rotatable bonds is 5. The highest BCUT2D eigenvalue weighted by Gasteiger charge is 2.26. The topological polar surface area (TPSA) is 65.4 Å². The van der Waals surface area contributed by atoms with Crippen molar-refractivity contribution in [3.63, 3.8) is 0 Å². The molecule has 1 fully saturated rings. The Bertz CT molecular complexity index is 992. The summed E-state index contributed by atoms with van der Waals surface area (Å²) in [6, 6.07) is 11.7. The van der Waals surface area contributed by atoms with Gasteiger partial charge in [0.25, 0.3) is 0 Å². The van der Waals surface area contributed by atoms with Gasteiger partial charge in [-0.2, -0.15) is 0 Å². The summed E-state index contributed by atoms with van der Waals surface area (Å²) in [6.07, 6.45) is 0.657. The molecule has 1 aliphatic heterocycles. The first-order valence-electron chi connectivity index (χ1n) is 9.36. The number of carbonyl (C=O) groups excluding carboxylic acids is 1. The molecule has 0 saturated carbocycles. The summed E-state index contributed by atoms with van der Waals surface area (Å²) in [5.41, 5.74) is 1.46. The van der Waals surface area contributed by atoms with Crippen molar-refractivity contribution in [1.29, 1.82) is 0 Å². The normalized spacial score (nSPS) is 16.6. The lowest BCUT2D eigenvalue weighted by Gasteiger charge is -2.12. The second-order valence-corrected chi connectivity index (χ2v) is 7.10. The molecule has 3 aromatic rings. The van der Waals surface area contributed by atoms with Gasteiger partial charge in [-0.15, -0.1) is 5.10 Å². The van der Waals surface area contributed by atoms with Crippen LogP contribution in [0, 0.1) is 11.7 Å². The summed E-state index contributed by atoms with van der Waals surface area (Å²) in [5.74, 6) is 0.428. The lowest BCUT2D eigenvalue weighted by molar-refractivity contribution is -0.119. The molecular weight excluding hydrogens is 361 g/mol. The number of amides is 1. The van der Waals surface area contributed by atoms with Crippen LogP contribution in [0.2, 0.25) is 0 Å². The van der Waals surface area contributed by atoms with Gasteiger partial charge in [-0.25, -0.2) is 9.07 Å². The Morgan fingerprint density at radius 3 is 2.75 bits per heavy atom. The average molecular weight is 383 g/mol. The molecule has 1 aliphatic rings. The number of fused-ring (bicyclic) bond motifs is 1. The number of nitrogens with one attached hydrogen (secondary N) is 1. The van der Waals surface area contributed by atoms with E-state index in [0.717, 1.165) is 5.52 Å². The summed E-state index contributed by atoms with van der Waals surface area (Å²) >= 11 is 0. The second-order valence-electron chi connectivity index (χ2n) is 7.10. The standard InChI is InChI=1S/C21H22FN3O3/c1-13(2)28-18-5-3-4-17-19(18)20(23-21(26)14-10-11-27-12-14)24-25(17)16-8-6-15(22)7-9-16/h3-9,13-14H,10-12H2,1-2H3,(H,23,24,26)/t14-/m1/s1. The fourth-order valence-corrected chi connectivity index (χ4v) is 3.32. The molecule has 1 N–H and O–H groups in total. The lowest BCUT2D eigenvalue weighted by Crippen LogP contribution is -2.23. The molecule has 0 bridgehead atoms. The van der Waals surface area contributed by atoms with E-state index in [1.807, 2.05) is 32.0 Å². The monoisotopic (exact) mass is 383 g/mol. The van der Waals surface area contributed by atoms with Gasteiger partial charge in [-0.3, -0.25) is 4.79 Å². The predicted molar refractivity (Wildman–Crippen MR) is 104 cm³/mol. The van der Waals surface area contributed by atoms with Gasteiger partial charge in [0.15, 0.2) is 5.82 Å². The fourth-order valence-electron chi connectivity index (χ4n) is 3.32. The molecule has 1 saturated heterocycles. The van der Waals surface area contributed by atoms with Crippen LogP contribution < -0.4 is 10.1 Å². The number of halogens is 1. The summed E-state index contributed by atoms with van der Waals surface area (Å²) in [5, 5.41) is 8.26. The first-order valence-corrected chi connectivity index (χ1v) is 9.36. The number of carbonyl (C=O) groups is 1. The highest BCUT2D eigenvalue weighted by atomic mass is 19.1. The first-order chi connectivity index (χ1) is 13.5. The maximum atomic E-state index is 13.4. The maximum Gasteiger partial charge on any atom is 0.231 e. The Balaban J connectivity index is 1.81. The largest absolute Gasteiger partial charge is 0.490 e. The van der Waals surface area contributed by atoms with Crippen molar-refractivity contribution in [2.45, 2.75) is 26.4 Å². The zero-order valence-corrected chi connectivity index (χ0v) is 15.8. The van der Waals surface area contributed by atoms with E-state index < -0.39 is 0 Å². The molecule has 28 heavy (non-hydrogen) atoms. The first kappa shape index (κ1) is 18.4. The van der Waals surface area contributed by atoms with Gasteiger partial charge in [0.05, 0.1) is 35.2 Å². The van der Waals surface area contributed by atoms with Gasteiger partial charge < -0.3 is 14.8 Å². The van der Waals surface area contributed by atoms with E-state index >= 15 is 0 Å². The Hall–Kier alpha value is -2.93.